The van der Waals surface area contributed by atoms with Crippen molar-refractivity contribution in [2.45, 2.75) is 50.6 Å². The number of likely N-dealkylation sites (tertiary alicyclic amines) is 1. The molecule has 3 heterocycles. The van der Waals surface area contributed by atoms with Gasteiger partial charge in [-0.3, -0.25) is 9.69 Å². The summed E-state index contributed by atoms with van der Waals surface area (Å²) < 4.78 is 0. The maximum atomic E-state index is 12.4. The monoisotopic (exact) mass is 358 g/mol. The Balaban J connectivity index is 1.30. The first-order valence-electron chi connectivity index (χ1n) is 10.0. The van der Waals surface area contributed by atoms with Crippen LogP contribution in [-0.4, -0.2) is 66.1 Å². The van der Waals surface area contributed by atoms with Crippen LogP contribution in [0.1, 0.15) is 38.5 Å². The number of amides is 1. The fraction of sp³-hybridized carbons (Fsp3) is 0.737. The number of hydrogen-bond donors (Lipinski definition) is 2. The number of piperidine rings is 2. The Morgan fingerprint density at radius 1 is 1.15 bits per heavy atom. The molecular weight excluding hydrogens is 328 g/mol. The Morgan fingerprint density at radius 3 is 2.69 bits per heavy atom. The van der Waals surface area contributed by atoms with Crippen LogP contribution >= 0.6 is 0 Å². The number of aromatic nitrogens is 2. The van der Waals surface area contributed by atoms with Gasteiger partial charge in [-0.2, -0.15) is 4.98 Å². The maximum Gasteiger partial charge on any atom is 0.227 e. The van der Waals surface area contributed by atoms with Gasteiger partial charge in [0.2, 0.25) is 11.9 Å². The van der Waals surface area contributed by atoms with Crippen LogP contribution in [0.15, 0.2) is 12.3 Å². The Kier molecular flexibility index (Phi) is 5.24. The number of hydrogen-bond acceptors (Lipinski definition) is 6. The predicted molar refractivity (Wildman–Crippen MR) is 102 cm³/mol. The summed E-state index contributed by atoms with van der Waals surface area (Å²) in [5.74, 6) is 2.14. The molecule has 0 aromatic carbocycles. The Hall–Kier alpha value is -1.89. The summed E-state index contributed by atoms with van der Waals surface area (Å²) in [5.41, 5.74) is 0. The maximum absolute atomic E-state index is 12.4. The third kappa shape index (κ3) is 4.09. The van der Waals surface area contributed by atoms with Crippen molar-refractivity contribution in [1.29, 1.82) is 0 Å². The highest BCUT2D eigenvalue weighted by molar-refractivity contribution is 5.79. The van der Waals surface area contributed by atoms with Crippen LogP contribution in [0.3, 0.4) is 0 Å². The molecule has 2 aliphatic heterocycles. The zero-order chi connectivity index (χ0) is 17.9. The van der Waals surface area contributed by atoms with E-state index in [-0.39, 0.29) is 11.8 Å². The van der Waals surface area contributed by atoms with Gasteiger partial charge in [-0.15, -0.1) is 0 Å². The van der Waals surface area contributed by atoms with Crippen molar-refractivity contribution in [1.82, 2.24) is 20.2 Å². The standard InChI is InChI=1S/C19H30N6O/c1-20-17-6-9-21-19(23-17)24-11-7-16(8-12-24)25-10-2-3-14(13-25)18(26)22-15-4-5-15/h6,9,14-16H,2-5,7-8,10-13H2,1H3,(H,22,26)(H,20,21,23)/t14-/m1/s1. The van der Waals surface area contributed by atoms with Crippen LogP contribution in [0.2, 0.25) is 0 Å². The minimum absolute atomic E-state index is 0.179. The molecule has 2 N–H and O–H groups in total. The molecule has 0 radical (unpaired) electrons. The van der Waals surface area contributed by atoms with E-state index in [1.54, 1.807) is 0 Å². The largest absolute Gasteiger partial charge is 0.373 e. The van der Waals surface area contributed by atoms with Crippen molar-refractivity contribution in [3.63, 3.8) is 0 Å². The third-order valence-electron chi connectivity index (χ3n) is 5.91. The first-order valence-corrected chi connectivity index (χ1v) is 10.0. The average molecular weight is 358 g/mol. The summed E-state index contributed by atoms with van der Waals surface area (Å²) in [6, 6.07) is 2.93. The molecule has 0 spiro atoms. The summed E-state index contributed by atoms with van der Waals surface area (Å²) in [6.45, 7) is 4.01. The lowest BCUT2D eigenvalue weighted by atomic mass is 9.93. The Labute approximate surface area is 155 Å². The van der Waals surface area contributed by atoms with Gasteiger partial charge in [0.25, 0.3) is 0 Å². The minimum atomic E-state index is 0.179. The molecule has 1 aliphatic carbocycles. The average Bonchev–Trinajstić information content (AvgIpc) is 3.52. The van der Waals surface area contributed by atoms with Gasteiger partial charge in [-0.25, -0.2) is 4.98 Å². The summed E-state index contributed by atoms with van der Waals surface area (Å²) in [4.78, 5) is 26.2. The molecular formula is C19H30N6O. The van der Waals surface area contributed by atoms with E-state index in [9.17, 15) is 4.79 Å². The minimum Gasteiger partial charge on any atom is -0.373 e. The zero-order valence-electron chi connectivity index (χ0n) is 15.7. The summed E-state index contributed by atoms with van der Waals surface area (Å²) in [5, 5.41) is 6.27. The van der Waals surface area contributed by atoms with Crippen LogP contribution in [0, 0.1) is 5.92 Å². The number of carbonyl (C=O) groups is 1. The summed E-state index contributed by atoms with van der Waals surface area (Å²) >= 11 is 0. The number of nitrogens with one attached hydrogen (secondary N) is 2. The molecule has 0 bridgehead atoms. The van der Waals surface area contributed by atoms with Gasteiger partial charge in [-0.05, 0) is 51.1 Å². The highest BCUT2D eigenvalue weighted by Crippen LogP contribution is 2.27. The normalized spacial score (nSPS) is 25.1. The van der Waals surface area contributed by atoms with E-state index in [0.29, 0.717) is 12.1 Å². The molecule has 1 aromatic heterocycles. The molecule has 3 aliphatic rings. The SMILES string of the molecule is CNc1ccnc(N2CCC(N3CCC[C@@H](C(=O)NC4CC4)C3)CC2)n1. The summed E-state index contributed by atoms with van der Waals surface area (Å²) in [6.07, 6.45) is 8.55. The molecule has 1 saturated carbocycles. The van der Waals surface area contributed by atoms with Crippen LogP contribution in [-0.2, 0) is 4.79 Å². The molecule has 26 heavy (non-hydrogen) atoms. The quantitative estimate of drug-likeness (QED) is 0.831. The van der Waals surface area contributed by atoms with Crippen molar-refractivity contribution in [2.75, 3.05) is 43.4 Å². The predicted octanol–water partition coefficient (Wildman–Crippen LogP) is 1.48. The molecule has 1 atom stereocenters. The Morgan fingerprint density at radius 2 is 1.96 bits per heavy atom. The molecule has 4 rings (SSSR count). The van der Waals surface area contributed by atoms with Crippen LogP contribution in [0.25, 0.3) is 0 Å². The smallest absolute Gasteiger partial charge is 0.227 e. The second kappa shape index (κ2) is 7.78. The topological polar surface area (TPSA) is 73.4 Å². The first-order chi connectivity index (χ1) is 12.7. The number of nitrogens with zero attached hydrogens (tertiary/aromatic N) is 4. The van der Waals surface area contributed by atoms with Crippen molar-refractivity contribution >= 4 is 17.7 Å². The van der Waals surface area contributed by atoms with E-state index >= 15 is 0 Å². The lowest BCUT2D eigenvalue weighted by Gasteiger charge is -2.42. The molecule has 7 nitrogen and oxygen atoms in total. The second-order valence-electron chi connectivity index (χ2n) is 7.83. The fourth-order valence-electron chi connectivity index (χ4n) is 4.17. The van der Waals surface area contributed by atoms with Gasteiger partial charge in [-0.1, -0.05) is 0 Å². The second-order valence-corrected chi connectivity index (χ2v) is 7.83. The van der Waals surface area contributed by atoms with Gasteiger partial charge in [0.1, 0.15) is 5.82 Å². The molecule has 3 fully saturated rings. The molecule has 7 heteroatoms. The van der Waals surface area contributed by atoms with Crippen molar-refractivity contribution in [3.8, 4) is 0 Å². The van der Waals surface area contributed by atoms with E-state index in [2.05, 4.69) is 30.4 Å². The van der Waals surface area contributed by atoms with Crippen molar-refractivity contribution in [2.24, 2.45) is 5.92 Å². The molecule has 142 valence electrons. The van der Waals surface area contributed by atoms with Gasteiger partial charge >= 0.3 is 0 Å². The Bertz CT molecular complexity index is 626. The van der Waals surface area contributed by atoms with Crippen molar-refractivity contribution in [3.05, 3.63) is 12.3 Å². The molecule has 1 aromatic rings. The molecule has 2 saturated heterocycles. The first kappa shape index (κ1) is 17.5. The van der Waals surface area contributed by atoms with Gasteiger partial charge in [0.05, 0.1) is 5.92 Å². The van der Waals surface area contributed by atoms with Crippen LogP contribution < -0.4 is 15.5 Å². The highest BCUT2D eigenvalue weighted by Gasteiger charge is 2.34. The zero-order valence-corrected chi connectivity index (χ0v) is 15.7. The number of anilines is 2. The lowest BCUT2D eigenvalue weighted by Crippen LogP contribution is -2.51. The number of rotatable bonds is 5. The van der Waals surface area contributed by atoms with E-state index in [0.717, 1.165) is 76.5 Å². The van der Waals surface area contributed by atoms with E-state index in [4.69, 9.17) is 0 Å². The highest BCUT2D eigenvalue weighted by atomic mass is 16.2. The van der Waals surface area contributed by atoms with Gasteiger partial charge in [0, 0.05) is 45.0 Å². The fourth-order valence-corrected chi connectivity index (χ4v) is 4.17. The molecule has 0 unspecified atom stereocenters. The molecule has 1 amide bonds. The van der Waals surface area contributed by atoms with E-state index < -0.39 is 0 Å². The lowest BCUT2D eigenvalue weighted by molar-refractivity contribution is -0.127. The van der Waals surface area contributed by atoms with Gasteiger partial charge in [0.15, 0.2) is 0 Å². The van der Waals surface area contributed by atoms with Gasteiger partial charge < -0.3 is 15.5 Å². The number of carbonyl (C=O) groups excluding carboxylic acids is 1. The van der Waals surface area contributed by atoms with E-state index in [1.807, 2.05) is 19.3 Å². The van der Waals surface area contributed by atoms with Crippen LogP contribution in [0.5, 0.6) is 0 Å². The summed E-state index contributed by atoms with van der Waals surface area (Å²) in [7, 11) is 1.88. The van der Waals surface area contributed by atoms with E-state index in [1.165, 1.54) is 0 Å². The third-order valence-corrected chi connectivity index (χ3v) is 5.91. The van der Waals surface area contributed by atoms with Crippen LogP contribution in [0.4, 0.5) is 11.8 Å². The van der Waals surface area contributed by atoms with Crippen molar-refractivity contribution < 1.29 is 4.79 Å².